The number of nitrogens with one attached hydrogen (secondary N) is 3. The maximum atomic E-state index is 13.7. The Morgan fingerprint density at radius 3 is 2.12 bits per heavy atom. The predicted octanol–water partition coefficient (Wildman–Crippen LogP) is 7.10. The highest BCUT2D eigenvalue weighted by molar-refractivity contribution is 7.98. The van der Waals surface area contributed by atoms with Crippen LogP contribution in [-0.4, -0.2) is 56.6 Å². The number of imidazole rings is 1. The Morgan fingerprint density at radius 2 is 1.49 bits per heavy atom. The van der Waals surface area contributed by atoms with Crippen molar-refractivity contribution in [2.24, 2.45) is 0 Å². The molecule has 1 aromatic heterocycles. The molecule has 0 aliphatic heterocycles. The highest BCUT2D eigenvalue weighted by Crippen LogP contribution is 2.33. The first kappa shape index (κ1) is 38.7. The van der Waals surface area contributed by atoms with E-state index in [0.29, 0.717) is 19.3 Å². The zero-order valence-electron chi connectivity index (χ0n) is 30.0. The Balaban J connectivity index is 1.46. The van der Waals surface area contributed by atoms with Crippen LogP contribution in [0.5, 0.6) is 0 Å². The van der Waals surface area contributed by atoms with E-state index in [1.165, 1.54) is 18.3 Å². The second-order valence-electron chi connectivity index (χ2n) is 13.5. The lowest BCUT2D eigenvalue weighted by Crippen LogP contribution is -2.58. The first-order valence-electron chi connectivity index (χ1n) is 16.9. The standard InChI is InChI=1S/C39H47N5O6S/c1-7-49-35(46)33(30-23-21-29(22-24-30)28-18-12-9-13-19-28)51-44-25-32(40-26-44)42-34(45)31(20-14-17-27-15-10-8-11-16-27)41-36(47)39(5,6)43-37(48)50-38(2,3)4/h8-13,15-16,18-19,21-26,31,33H,7,14,17,20H2,1-6H3,(H,41,47)(H,42,45)(H,43,48)/t31-,33?/m1/s1. The number of hydrogen-bond donors (Lipinski definition) is 3. The van der Waals surface area contributed by atoms with Gasteiger partial charge in [0.05, 0.1) is 12.8 Å². The molecule has 2 atom stereocenters. The van der Waals surface area contributed by atoms with Crippen LogP contribution < -0.4 is 16.0 Å². The van der Waals surface area contributed by atoms with Crippen LogP contribution in [0.1, 0.15) is 70.8 Å². The van der Waals surface area contributed by atoms with Gasteiger partial charge >= 0.3 is 12.1 Å². The summed E-state index contributed by atoms with van der Waals surface area (Å²) in [6.45, 7) is 10.3. The quantitative estimate of drug-likeness (QED) is 0.111. The Bertz CT molecular complexity index is 1750. The molecule has 1 unspecified atom stereocenters. The molecule has 4 rings (SSSR count). The van der Waals surface area contributed by atoms with Gasteiger partial charge in [-0.3, -0.25) is 18.4 Å². The fourth-order valence-electron chi connectivity index (χ4n) is 5.08. The van der Waals surface area contributed by atoms with Crippen molar-refractivity contribution in [3.8, 4) is 11.1 Å². The zero-order chi connectivity index (χ0) is 37.0. The van der Waals surface area contributed by atoms with Crippen molar-refractivity contribution < 1.29 is 28.7 Å². The van der Waals surface area contributed by atoms with Crippen LogP contribution in [0.2, 0.25) is 0 Å². The number of rotatable bonds is 15. The number of ether oxygens (including phenoxy) is 2. The maximum absolute atomic E-state index is 13.7. The summed E-state index contributed by atoms with van der Waals surface area (Å²) in [7, 11) is 0. The molecule has 0 aliphatic carbocycles. The molecule has 0 spiro atoms. The van der Waals surface area contributed by atoms with E-state index in [2.05, 4.69) is 20.9 Å². The molecule has 3 N–H and O–H groups in total. The van der Waals surface area contributed by atoms with E-state index in [1.807, 2.05) is 84.9 Å². The maximum Gasteiger partial charge on any atom is 0.408 e. The highest BCUT2D eigenvalue weighted by Gasteiger charge is 2.34. The molecule has 12 heteroatoms. The fourth-order valence-corrected chi connectivity index (χ4v) is 6.02. The summed E-state index contributed by atoms with van der Waals surface area (Å²) in [5, 5.41) is 7.52. The number of hydrogen-bond acceptors (Lipinski definition) is 8. The molecule has 0 saturated heterocycles. The molecule has 1 heterocycles. The SMILES string of the molecule is CCOC(=O)C(Sn1cnc(NC(=O)[C@@H](CCCc2ccccc2)NC(=O)C(C)(C)NC(=O)OC(C)(C)C)c1)c1ccc(-c2ccccc2)cc1. The van der Waals surface area contributed by atoms with Crippen LogP contribution in [0.25, 0.3) is 11.1 Å². The molecule has 0 radical (unpaired) electrons. The summed E-state index contributed by atoms with van der Waals surface area (Å²) in [5.74, 6) is -1.19. The molecule has 3 aromatic carbocycles. The first-order chi connectivity index (χ1) is 24.2. The van der Waals surface area contributed by atoms with Gasteiger partial charge in [-0.1, -0.05) is 84.9 Å². The van der Waals surface area contributed by atoms with Gasteiger partial charge in [0.1, 0.15) is 28.8 Å². The largest absolute Gasteiger partial charge is 0.465 e. The van der Waals surface area contributed by atoms with Gasteiger partial charge in [0.25, 0.3) is 0 Å². The molecule has 270 valence electrons. The summed E-state index contributed by atoms with van der Waals surface area (Å²) < 4.78 is 12.4. The lowest BCUT2D eigenvalue weighted by atomic mass is 10.0. The minimum atomic E-state index is -1.38. The van der Waals surface area contributed by atoms with Gasteiger partial charge in [-0.15, -0.1) is 0 Å². The van der Waals surface area contributed by atoms with Crippen molar-refractivity contribution in [1.82, 2.24) is 19.6 Å². The van der Waals surface area contributed by atoms with E-state index in [1.54, 1.807) is 51.7 Å². The molecular formula is C39H47N5O6S. The third-order valence-electron chi connectivity index (χ3n) is 7.66. The van der Waals surface area contributed by atoms with E-state index in [-0.39, 0.29) is 12.4 Å². The average Bonchev–Trinajstić information content (AvgIpc) is 3.53. The summed E-state index contributed by atoms with van der Waals surface area (Å²) in [6.07, 6.45) is 3.99. The van der Waals surface area contributed by atoms with E-state index in [9.17, 15) is 19.2 Å². The topological polar surface area (TPSA) is 141 Å². The summed E-state index contributed by atoms with van der Waals surface area (Å²) in [4.78, 5) is 57.0. The van der Waals surface area contributed by atoms with Crippen molar-refractivity contribution in [2.45, 2.75) is 83.2 Å². The fraction of sp³-hybridized carbons (Fsp3) is 0.359. The number of carbonyl (C=O) groups excluding carboxylic acids is 4. The molecule has 51 heavy (non-hydrogen) atoms. The minimum Gasteiger partial charge on any atom is -0.465 e. The van der Waals surface area contributed by atoms with E-state index in [0.717, 1.165) is 22.3 Å². The van der Waals surface area contributed by atoms with E-state index in [4.69, 9.17) is 9.47 Å². The van der Waals surface area contributed by atoms with Crippen LogP contribution >= 0.6 is 11.9 Å². The Morgan fingerprint density at radius 1 is 0.863 bits per heavy atom. The Kier molecular flexibility index (Phi) is 13.4. The van der Waals surface area contributed by atoms with E-state index < -0.39 is 46.3 Å². The predicted molar refractivity (Wildman–Crippen MR) is 200 cm³/mol. The molecular weight excluding hydrogens is 667 g/mol. The van der Waals surface area contributed by atoms with Gasteiger partial charge in [0.15, 0.2) is 5.82 Å². The summed E-state index contributed by atoms with van der Waals surface area (Å²) in [6, 6.07) is 26.6. The van der Waals surface area contributed by atoms with Crippen molar-refractivity contribution in [3.63, 3.8) is 0 Å². The van der Waals surface area contributed by atoms with E-state index >= 15 is 0 Å². The first-order valence-corrected chi connectivity index (χ1v) is 17.8. The van der Waals surface area contributed by atoms with Crippen LogP contribution in [0.15, 0.2) is 97.5 Å². The number of aromatic nitrogens is 2. The lowest BCUT2D eigenvalue weighted by molar-refractivity contribution is -0.142. The second kappa shape index (κ2) is 17.7. The van der Waals surface area contributed by atoms with Crippen molar-refractivity contribution >= 4 is 41.6 Å². The number of amides is 3. The molecule has 11 nitrogen and oxygen atoms in total. The molecule has 0 fully saturated rings. The third kappa shape index (κ3) is 12.0. The minimum absolute atomic E-state index is 0.227. The monoisotopic (exact) mass is 713 g/mol. The van der Waals surface area contributed by atoms with Gasteiger partial charge in [0, 0.05) is 0 Å². The molecule has 4 aromatic rings. The van der Waals surface area contributed by atoms with Gasteiger partial charge < -0.3 is 25.4 Å². The van der Waals surface area contributed by atoms with Crippen LogP contribution in [0.3, 0.4) is 0 Å². The average molecular weight is 714 g/mol. The van der Waals surface area contributed by atoms with Crippen molar-refractivity contribution in [3.05, 3.63) is 109 Å². The van der Waals surface area contributed by atoms with Crippen LogP contribution in [0.4, 0.5) is 10.6 Å². The number of benzene rings is 3. The summed E-state index contributed by atoms with van der Waals surface area (Å²) >= 11 is 1.19. The third-order valence-corrected chi connectivity index (χ3v) is 8.78. The van der Waals surface area contributed by atoms with Gasteiger partial charge in [-0.25, -0.2) is 9.78 Å². The van der Waals surface area contributed by atoms with Crippen LogP contribution in [0, 0.1) is 0 Å². The number of nitrogens with zero attached hydrogens (tertiary/aromatic N) is 2. The van der Waals surface area contributed by atoms with Gasteiger partial charge in [-0.05, 0) is 95.0 Å². The second-order valence-corrected chi connectivity index (χ2v) is 14.6. The lowest BCUT2D eigenvalue weighted by Gasteiger charge is -2.29. The highest BCUT2D eigenvalue weighted by atomic mass is 32.2. The summed E-state index contributed by atoms with van der Waals surface area (Å²) in [5.41, 5.74) is 1.82. The normalized spacial score (nSPS) is 12.7. The van der Waals surface area contributed by atoms with Gasteiger partial charge in [0.2, 0.25) is 11.8 Å². The van der Waals surface area contributed by atoms with Crippen LogP contribution in [-0.2, 0) is 30.3 Å². The number of esters is 1. The number of aryl methyl sites for hydroxylation is 1. The van der Waals surface area contributed by atoms with Crippen molar-refractivity contribution in [2.75, 3.05) is 11.9 Å². The zero-order valence-corrected chi connectivity index (χ0v) is 30.8. The van der Waals surface area contributed by atoms with Gasteiger partial charge in [-0.2, -0.15) is 0 Å². The number of anilines is 1. The molecule has 0 saturated carbocycles. The van der Waals surface area contributed by atoms with Crippen molar-refractivity contribution in [1.29, 1.82) is 0 Å². The molecule has 0 aliphatic rings. The number of alkyl carbamates (subject to hydrolysis) is 1. The molecule has 0 bridgehead atoms. The number of carbonyl (C=O) groups is 4. The Labute approximate surface area is 304 Å². The Hall–Kier alpha value is -5.10. The smallest absolute Gasteiger partial charge is 0.408 e. The molecule has 3 amide bonds.